The SMILES string of the molecule is Cc1ccc(S(=O)(=O)N[C@H]2C[C@H](C(C)C)CC[C@]2(C)N)cc1. The number of hydrogen-bond acceptors (Lipinski definition) is 3. The van der Waals surface area contributed by atoms with E-state index in [-0.39, 0.29) is 6.04 Å². The topological polar surface area (TPSA) is 72.2 Å². The highest BCUT2D eigenvalue weighted by Gasteiger charge is 2.40. The van der Waals surface area contributed by atoms with E-state index >= 15 is 0 Å². The van der Waals surface area contributed by atoms with Crippen LogP contribution >= 0.6 is 0 Å². The van der Waals surface area contributed by atoms with Crippen LogP contribution in [0.15, 0.2) is 29.2 Å². The van der Waals surface area contributed by atoms with Gasteiger partial charge in [-0.15, -0.1) is 0 Å². The molecule has 0 aliphatic heterocycles. The Morgan fingerprint density at radius 3 is 2.41 bits per heavy atom. The average Bonchev–Trinajstić information content (AvgIpc) is 2.41. The molecule has 3 atom stereocenters. The van der Waals surface area contributed by atoms with Crippen molar-refractivity contribution >= 4 is 10.0 Å². The van der Waals surface area contributed by atoms with Crippen molar-refractivity contribution in [3.63, 3.8) is 0 Å². The summed E-state index contributed by atoms with van der Waals surface area (Å²) in [7, 11) is -3.53. The lowest BCUT2D eigenvalue weighted by Gasteiger charge is -2.43. The molecule has 4 nitrogen and oxygen atoms in total. The zero-order chi connectivity index (χ0) is 16.5. The number of sulfonamides is 1. The number of nitrogens with one attached hydrogen (secondary N) is 1. The summed E-state index contributed by atoms with van der Waals surface area (Å²) in [5, 5.41) is 0. The lowest BCUT2D eigenvalue weighted by atomic mass is 9.71. The summed E-state index contributed by atoms with van der Waals surface area (Å²) in [6.45, 7) is 8.27. The van der Waals surface area contributed by atoms with Gasteiger partial charge in [-0.1, -0.05) is 31.5 Å². The smallest absolute Gasteiger partial charge is 0.240 e. The summed E-state index contributed by atoms with van der Waals surface area (Å²) in [4.78, 5) is 0.306. The van der Waals surface area contributed by atoms with Gasteiger partial charge in [-0.3, -0.25) is 0 Å². The third kappa shape index (κ3) is 3.89. The minimum absolute atomic E-state index is 0.222. The molecule has 0 heterocycles. The summed E-state index contributed by atoms with van der Waals surface area (Å²) in [5.74, 6) is 1.06. The number of nitrogens with two attached hydrogens (primary N) is 1. The molecular weight excluding hydrogens is 296 g/mol. The molecule has 1 saturated carbocycles. The predicted molar refractivity (Wildman–Crippen MR) is 90.1 cm³/mol. The number of benzene rings is 1. The Morgan fingerprint density at radius 2 is 1.86 bits per heavy atom. The molecule has 1 aliphatic rings. The Kier molecular flexibility index (Phi) is 5.00. The quantitative estimate of drug-likeness (QED) is 0.894. The molecular formula is C17H28N2O2S. The van der Waals surface area contributed by atoms with E-state index in [0.717, 1.165) is 24.8 Å². The molecule has 0 bridgehead atoms. The summed E-state index contributed by atoms with van der Waals surface area (Å²) in [5.41, 5.74) is 6.91. The maximum absolute atomic E-state index is 12.6. The Bertz CT molecular complexity index is 606. The van der Waals surface area contributed by atoms with Crippen molar-refractivity contribution in [3.8, 4) is 0 Å². The molecule has 5 heteroatoms. The minimum Gasteiger partial charge on any atom is -0.324 e. The van der Waals surface area contributed by atoms with Crippen LogP contribution in [0, 0.1) is 18.8 Å². The second-order valence-corrected chi connectivity index (χ2v) is 8.99. The van der Waals surface area contributed by atoms with Crippen molar-refractivity contribution in [1.29, 1.82) is 0 Å². The summed E-state index contributed by atoms with van der Waals surface area (Å²) >= 11 is 0. The Balaban J connectivity index is 2.20. The first-order chi connectivity index (χ1) is 10.1. The summed E-state index contributed by atoms with van der Waals surface area (Å²) in [6, 6.07) is 6.70. The summed E-state index contributed by atoms with van der Waals surface area (Å²) < 4.78 is 28.1. The van der Waals surface area contributed by atoms with Gasteiger partial charge in [-0.2, -0.15) is 0 Å². The standard InChI is InChI=1S/C17H28N2O2S/c1-12(2)14-9-10-17(4,18)16(11-14)19-22(20,21)15-7-5-13(3)6-8-15/h5-8,12,14,16,19H,9-11,18H2,1-4H3/t14-,16+,17+/m1/s1. The zero-order valence-corrected chi connectivity index (χ0v) is 14.8. The van der Waals surface area contributed by atoms with Crippen LogP contribution in [0.2, 0.25) is 0 Å². The van der Waals surface area contributed by atoms with Gasteiger partial charge in [0.2, 0.25) is 10.0 Å². The van der Waals surface area contributed by atoms with Crippen molar-refractivity contribution in [1.82, 2.24) is 4.72 Å². The van der Waals surface area contributed by atoms with E-state index in [1.54, 1.807) is 12.1 Å². The van der Waals surface area contributed by atoms with E-state index in [4.69, 9.17) is 5.73 Å². The molecule has 124 valence electrons. The van der Waals surface area contributed by atoms with Gasteiger partial charge in [0, 0.05) is 11.6 Å². The largest absolute Gasteiger partial charge is 0.324 e. The van der Waals surface area contributed by atoms with Crippen LogP contribution in [0.5, 0.6) is 0 Å². The third-order valence-corrected chi connectivity index (χ3v) is 6.45. The van der Waals surface area contributed by atoms with Crippen molar-refractivity contribution < 1.29 is 8.42 Å². The Hall–Kier alpha value is -0.910. The van der Waals surface area contributed by atoms with Crippen molar-refractivity contribution in [2.75, 3.05) is 0 Å². The first-order valence-corrected chi connectivity index (χ1v) is 9.48. The van der Waals surface area contributed by atoms with Crippen LogP contribution in [-0.2, 0) is 10.0 Å². The fourth-order valence-electron chi connectivity index (χ4n) is 3.12. The van der Waals surface area contributed by atoms with Crippen LogP contribution in [0.4, 0.5) is 0 Å². The van der Waals surface area contributed by atoms with Gasteiger partial charge in [0.15, 0.2) is 0 Å². The van der Waals surface area contributed by atoms with Crippen LogP contribution in [0.25, 0.3) is 0 Å². The fourth-order valence-corrected chi connectivity index (χ4v) is 4.49. The van der Waals surface area contributed by atoms with Gasteiger partial charge in [-0.05, 0) is 57.1 Å². The molecule has 0 aromatic heterocycles. The van der Waals surface area contributed by atoms with Gasteiger partial charge in [0.1, 0.15) is 0 Å². The molecule has 0 saturated heterocycles. The molecule has 1 aliphatic carbocycles. The van der Waals surface area contributed by atoms with Gasteiger partial charge in [0.25, 0.3) is 0 Å². The van der Waals surface area contributed by atoms with E-state index in [9.17, 15) is 8.42 Å². The lowest BCUT2D eigenvalue weighted by molar-refractivity contribution is 0.169. The zero-order valence-electron chi connectivity index (χ0n) is 14.0. The van der Waals surface area contributed by atoms with Crippen molar-refractivity contribution in [2.45, 2.75) is 63.4 Å². The maximum atomic E-state index is 12.6. The van der Waals surface area contributed by atoms with Crippen LogP contribution in [-0.4, -0.2) is 20.0 Å². The molecule has 1 aromatic carbocycles. The highest BCUT2D eigenvalue weighted by atomic mass is 32.2. The van der Waals surface area contributed by atoms with Gasteiger partial charge < -0.3 is 5.73 Å². The fraction of sp³-hybridized carbons (Fsp3) is 0.647. The van der Waals surface area contributed by atoms with Crippen LogP contribution < -0.4 is 10.5 Å². The second-order valence-electron chi connectivity index (χ2n) is 7.27. The van der Waals surface area contributed by atoms with Gasteiger partial charge in [-0.25, -0.2) is 13.1 Å². The van der Waals surface area contributed by atoms with Crippen molar-refractivity contribution in [3.05, 3.63) is 29.8 Å². The van der Waals surface area contributed by atoms with E-state index in [1.807, 2.05) is 26.0 Å². The first-order valence-electron chi connectivity index (χ1n) is 8.00. The highest BCUT2D eigenvalue weighted by Crippen LogP contribution is 2.35. The Morgan fingerprint density at radius 1 is 1.27 bits per heavy atom. The number of aryl methyl sites for hydroxylation is 1. The van der Waals surface area contributed by atoms with E-state index in [0.29, 0.717) is 16.7 Å². The van der Waals surface area contributed by atoms with Crippen molar-refractivity contribution in [2.24, 2.45) is 17.6 Å². The predicted octanol–water partition coefficient (Wildman–Crippen LogP) is 2.82. The number of hydrogen-bond donors (Lipinski definition) is 2. The first kappa shape index (κ1) is 17.4. The molecule has 1 aromatic rings. The third-order valence-electron chi connectivity index (χ3n) is 4.96. The maximum Gasteiger partial charge on any atom is 0.240 e. The monoisotopic (exact) mass is 324 g/mol. The lowest BCUT2D eigenvalue weighted by Crippen LogP contribution is -2.59. The highest BCUT2D eigenvalue weighted by molar-refractivity contribution is 7.89. The minimum atomic E-state index is -3.53. The van der Waals surface area contributed by atoms with Crippen LogP contribution in [0.3, 0.4) is 0 Å². The normalized spacial score (nSPS) is 29.7. The van der Waals surface area contributed by atoms with Gasteiger partial charge >= 0.3 is 0 Å². The average molecular weight is 324 g/mol. The van der Waals surface area contributed by atoms with E-state index < -0.39 is 15.6 Å². The summed E-state index contributed by atoms with van der Waals surface area (Å²) in [6.07, 6.45) is 2.71. The molecule has 0 spiro atoms. The molecule has 0 amide bonds. The molecule has 0 radical (unpaired) electrons. The molecule has 0 unspecified atom stereocenters. The second kappa shape index (κ2) is 6.30. The molecule has 1 fully saturated rings. The van der Waals surface area contributed by atoms with Crippen LogP contribution in [0.1, 0.15) is 45.6 Å². The Labute approximate surface area is 134 Å². The molecule has 2 rings (SSSR count). The number of rotatable bonds is 4. The van der Waals surface area contributed by atoms with Gasteiger partial charge in [0.05, 0.1) is 4.90 Å². The van der Waals surface area contributed by atoms with E-state index in [2.05, 4.69) is 18.6 Å². The van der Waals surface area contributed by atoms with E-state index in [1.165, 1.54) is 0 Å². The molecule has 22 heavy (non-hydrogen) atoms. The molecule has 3 N–H and O–H groups in total.